The normalized spacial score (nSPS) is 17.3. The van der Waals surface area contributed by atoms with Gasteiger partial charge in [0.05, 0.1) is 0 Å². The molecule has 0 radical (unpaired) electrons. The fourth-order valence-electron chi connectivity index (χ4n) is 2.56. The molecule has 1 aliphatic heterocycles. The summed E-state index contributed by atoms with van der Waals surface area (Å²) in [5.74, 6) is 1.95. The van der Waals surface area contributed by atoms with Crippen LogP contribution in [0.2, 0.25) is 0 Å². The predicted octanol–water partition coefficient (Wildman–Crippen LogP) is 1.73. The van der Waals surface area contributed by atoms with Crippen molar-refractivity contribution in [1.29, 1.82) is 0 Å². The van der Waals surface area contributed by atoms with E-state index in [1.165, 1.54) is 25.9 Å². The van der Waals surface area contributed by atoms with Crippen LogP contribution in [0.4, 0.5) is 5.95 Å². The summed E-state index contributed by atoms with van der Waals surface area (Å²) in [5.41, 5.74) is 0. The standard InChI is InChI=1S/C13H24N4/c1-3-16-10-9-15-13(16)17(4-2)11-12-5-7-14-8-6-12/h9-10,12,14H,3-8,11H2,1-2H3. The smallest absolute Gasteiger partial charge is 0.205 e. The number of hydrogen-bond donors (Lipinski definition) is 1. The Kier molecular flexibility index (Phi) is 4.42. The van der Waals surface area contributed by atoms with Gasteiger partial charge in [-0.3, -0.25) is 0 Å². The molecule has 0 bridgehead atoms. The van der Waals surface area contributed by atoms with E-state index in [2.05, 4.69) is 39.8 Å². The van der Waals surface area contributed by atoms with Crippen LogP contribution in [0.5, 0.6) is 0 Å². The van der Waals surface area contributed by atoms with Gasteiger partial charge in [0, 0.05) is 32.0 Å². The fraction of sp³-hybridized carbons (Fsp3) is 0.769. The molecule has 0 aliphatic carbocycles. The van der Waals surface area contributed by atoms with E-state index in [-0.39, 0.29) is 0 Å². The monoisotopic (exact) mass is 236 g/mol. The molecule has 0 atom stereocenters. The van der Waals surface area contributed by atoms with Gasteiger partial charge in [0.2, 0.25) is 5.95 Å². The summed E-state index contributed by atoms with van der Waals surface area (Å²) < 4.78 is 2.23. The lowest BCUT2D eigenvalue weighted by atomic mass is 9.98. The van der Waals surface area contributed by atoms with E-state index in [1.54, 1.807) is 0 Å². The first kappa shape index (κ1) is 12.4. The average molecular weight is 236 g/mol. The lowest BCUT2D eigenvalue weighted by Gasteiger charge is -2.30. The van der Waals surface area contributed by atoms with Crippen molar-refractivity contribution in [2.45, 2.75) is 33.2 Å². The Morgan fingerprint density at radius 2 is 2.18 bits per heavy atom. The van der Waals surface area contributed by atoms with E-state index in [4.69, 9.17) is 0 Å². The van der Waals surface area contributed by atoms with Gasteiger partial charge in [-0.25, -0.2) is 4.98 Å². The maximum atomic E-state index is 4.50. The Hall–Kier alpha value is -1.03. The van der Waals surface area contributed by atoms with Crippen molar-refractivity contribution in [3.05, 3.63) is 12.4 Å². The van der Waals surface area contributed by atoms with Crippen molar-refractivity contribution in [3.63, 3.8) is 0 Å². The molecule has 4 nitrogen and oxygen atoms in total. The quantitative estimate of drug-likeness (QED) is 0.845. The maximum absolute atomic E-state index is 4.50. The van der Waals surface area contributed by atoms with Gasteiger partial charge < -0.3 is 14.8 Å². The summed E-state index contributed by atoms with van der Waals surface area (Å²) in [6.45, 7) is 9.92. The summed E-state index contributed by atoms with van der Waals surface area (Å²) in [6.07, 6.45) is 6.57. The molecule has 1 fully saturated rings. The molecule has 0 aromatic carbocycles. The molecule has 0 amide bonds. The van der Waals surface area contributed by atoms with Crippen LogP contribution in [0.3, 0.4) is 0 Å². The molecular formula is C13H24N4. The van der Waals surface area contributed by atoms with Crippen LogP contribution in [-0.4, -0.2) is 35.7 Å². The molecule has 1 aromatic heterocycles. The van der Waals surface area contributed by atoms with Crippen molar-refractivity contribution in [2.24, 2.45) is 5.92 Å². The SMILES string of the molecule is CCN(CC1CCNCC1)c1nccn1CC. The molecule has 0 saturated carbocycles. The molecule has 1 aromatic rings. The number of rotatable bonds is 5. The van der Waals surface area contributed by atoms with Crippen LogP contribution in [0.15, 0.2) is 12.4 Å². The number of anilines is 1. The Morgan fingerprint density at radius 1 is 1.41 bits per heavy atom. The van der Waals surface area contributed by atoms with Crippen molar-refractivity contribution in [2.75, 3.05) is 31.1 Å². The highest BCUT2D eigenvalue weighted by atomic mass is 15.3. The van der Waals surface area contributed by atoms with E-state index in [1.807, 2.05) is 6.20 Å². The Labute approximate surface area is 104 Å². The molecule has 4 heteroatoms. The van der Waals surface area contributed by atoms with E-state index in [0.29, 0.717) is 0 Å². The zero-order valence-electron chi connectivity index (χ0n) is 11.0. The lowest BCUT2D eigenvalue weighted by Crippen LogP contribution is -2.37. The zero-order chi connectivity index (χ0) is 12.1. The molecular weight excluding hydrogens is 212 g/mol. The summed E-state index contributed by atoms with van der Waals surface area (Å²) in [7, 11) is 0. The van der Waals surface area contributed by atoms with Crippen molar-refractivity contribution >= 4 is 5.95 Å². The highest BCUT2D eigenvalue weighted by Crippen LogP contribution is 2.18. The number of piperidine rings is 1. The van der Waals surface area contributed by atoms with Crippen molar-refractivity contribution in [1.82, 2.24) is 14.9 Å². The highest BCUT2D eigenvalue weighted by molar-refractivity contribution is 5.31. The summed E-state index contributed by atoms with van der Waals surface area (Å²) in [4.78, 5) is 6.91. The maximum Gasteiger partial charge on any atom is 0.205 e. The van der Waals surface area contributed by atoms with Crippen LogP contribution < -0.4 is 10.2 Å². The van der Waals surface area contributed by atoms with E-state index < -0.39 is 0 Å². The number of nitrogens with zero attached hydrogens (tertiary/aromatic N) is 3. The summed E-state index contributed by atoms with van der Waals surface area (Å²) in [5, 5.41) is 3.42. The largest absolute Gasteiger partial charge is 0.342 e. The van der Waals surface area contributed by atoms with E-state index in [0.717, 1.165) is 31.5 Å². The molecule has 0 spiro atoms. The highest BCUT2D eigenvalue weighted by Gasteiger charge is 2.18. The molecule has 17 heavy (non-hydrogen) atoms. The van der Waals surface area contributed by atoms with Crippen molar-refractivity contribution < 1.29 is 0 Å². The minimum atomic E-state index is 0.818. The van der Waals surface area contributed by atoms with Crippen molar-refractivity contribution in [3.8, 4) is 0 Å². The van der Waals surface area contributed by atoms with Gasteiger partial charge in [0.1, 0.15) is 0 Å². The van der Waals surface area contributed by atoms with Gasteiger partial charge in [-0.15, -0.1) is 0 Å². The lowest BCUT2D eigenvalue weighted by molar-refractivity contribution is 0.372. The second-order valence-corrected chi connectivity index (χ2v) is 4.75. The first-order valence-corrected chi connectivity index (χ1v) is 6.82. The summed E-state index contributed by atoms with van der Waals surface area (Å²) in [6, 6.07) is 0. The van der Waals surface area contributed by atoms with Gasteiger partial charge in [-0.05, 0) is 45.7 Å². The van der Waals surface area contributed by atoms with E-state index >= 15 is 0 Å². The van der Waals surface area contributed by atoms with Gasteiger partial charge in [0.25, 0.3) is 0 Å². The zero-order valence-corrected chi connectivity index (χ0v) is 11.0. The third kappa shape index (κ3) is 3.00. The number of aryl methyl sites for hydroxylation is 1. The molecule has 1 saturated heterocycles. The van der Waals surface area contributed by atoms with Crippen LogP contribution >= 0.6 is 0 Å². The van der Waals surface area contributed by atoms with Gasteiger partial charge in [-0.1, -0.05) is 0 Å². The molecule has 96 valence electrons. The fourth-order valence-corrected chi connectivity index (χ4v) is 2.56. The molecule has 2 heterocycles. The number of imidazole rings is 1. The number of hydrogen-bond acceptors (Lipinski definition) is 3. The molecule has 1 aliphatic rings. The van der Waals surface area contributed by atoms with Gasteiger partial charge in [-0.2, -0.15) is 0 Å². The number of aromatic nitrogens is 2. The van der Waals surface area contributed by atoms with Gasteiger partial charge in [0.15, 0.2) is 0 Å². The molecule has 0 unspecified atom stereocenters. The third-order valence-corrected chi connectivity index (χ3v) is 3.64. The minimum absolute atomic E-state index is 0.818. The van der Waals surface area contributed by atoms with Crippen LogP contribution in [0.1, 0.15) is 26.7 Å². The summed E-state index contributed by atoms with van der Waals surface area (Å²) >= 11 is 0. The van der Waals surface area contributed by atoms with E-state index in [9.17, 15) is 0 Å². The second-order valence-electron chi connectivity index (χ2n) is 4.75. The Morgan fingerprint density at radius 3 is 2.82 bits per heavy atom. The first-order chi connectivity index (χ1) is 8.35. The van der Waals surface area contributed by atoms with Crippen LogP contribution in [-0.2, 0) is 6.54 Å². The molecule has 2 rings (SSSR count). The Balaban J connectivity index is 2.00. The Bertz CT molecular complexity index is 328. The molecule has 1 N–H and O–H groups in total. The predicted molar refractivity (Wildman–Crippen MR) is 71.4 cm³/mol. The second kappa shape index (κ2) is 6.05. The van der Waals surface area contributed by atoms with Gasteiger partial charge >= 0.3 is 0 Å². The number of nitrogens with one attached hydrogen (secondary N) is 1. The topological polar surface area (TPSA) is 33.1 Å². The third-order valence-electron chi connectivity index (χ3n) is 3.64. The van der Waals surface area contributed by atoms with Crippen LogP contribution in [0.25, 0.3) is 0 Å². The average Bonchev–Trinajstić information content (AvgIpc) is 2.85. The van der Waals surface area contributed by atoms with Crippen LogP contribution in [0, 0.1) is 5.92 Å². The minimum Gasteiger partial charge on any atom is -0.342 e. The first-order valence-electron chi connectivity index (χ1n) is 6.82.